The smallest absolute Gasteiger partial charge is 0.0736 e. The molecule has 0 aromatic carbocycles. The van der Waals surface area contributed by atoms with Crippen LogP contribution in [0.1, 0.15) is 26.2 Å². The SMILES string of the molecule is CC1(CNc2ccncc2N)CCC1. The minimum Gasteiger partial charge on any atom is -0.396 e. The molecule has 0 radical (unpaired) electrons. The third-order valence-corrected chi connectivity index (χ3v) is 3.12. The normalized spacial score (nSPS) is 18.6. The average Bonchev–Trinajstić information content (AvgIpc) is 2.14. The van der Waals surface area contributed by atoms with E-state index in [2.05, 4.69) is 17.2 Å². The molecule has 76 valence electrons. The van der Waals surface area contributed by atoms with E-state index < -0.39 is 0 Å². The second-order valence-corrected chi connectivity index (χ2v) is 4.48. The molecule has 1 heterocycles. The van der Waals surface area contributed by atoms with E-state index in [1.165, 1.54) is 19.3 Å². The van der Waals surface area contributed by atoms with Crippen LogP contribution < -0.4 is 11.1 Å². The lowest BCUT2D eigenvalue weighted by atomic mass is 9.70. The maximum Gasteiger partial charge on any atom is 0.0736 e. The Bertz CT molecular complexity index is 318. The minimum atomic E-state index is 0.482. The number of hydrogen-bond acceptors (Lipinski definition) is 3. The van der Waals surface area contributed by atoms with Crippen LogP contribution in [-0.2, 0) is 0 Å². The molecule has 0 atom stereocenters. The number of anilines is 2. The van der Waals surface area contributed by atoms with Gasteiger partial charge in [0.2, 0.25) is 0 Å². The number of nitrogen functional groups attached to an aromatic ring is 1. The van der Waals surface area contributed by atoms with Gasteiger partial charge in [0.05, 0.1) is 17.6 Å². The zero-order valence-electron chi connectivity index (χ0n) is 8.59. The van der Waals surface area contributed by atoms with E-state index in [9.17, 15) is 0 Å². The van der Waals surface area contributed by atoms with E-state index in [0.717, 1.165) is 17.9 Å². The molecule has 1 aliphatic carbocycles. The predicted molar refractivity (Wildman–Crippen MR) is 59.1 cm³/mol. The first-order valence-electron chi connectivity index (χ1n) is 5.13. The number of hydrogen-bond donors (Lipinski definition) is 2. The maximum atomic E-state index is 5.78. The molecule has 0 spiro atoms. The zero-order chi connectivity index (χ0) is 10.0. The van der Waals surface area contributed by atoms with Crippen molar-refractivity contribution in [2.75, 3.05) is 17.6 Å². The molecule has 1 aromatic rings. The van der Waals surface area contributed by atoms with Crippen LogP contribution >= 0.6 is 0 Å². The lowest BCUT2D eigenvalue weighted by Crippen LogP contribution is -2.33. The summed E-state index contributed by atoms with van der Waals surface area (Å²) in [7, 11) is 0. The Morgan fingerprint density at radius 3 is 2.93 bits per heavy atom. The highest BCUT2D eigenvalue weighted by Gasteiger charge is 2.31. The van der Waals surface area contributed by atoms with Crippen molar-refractivity contribution < 1.29 is 0 Å². The molecule has 0 bridgehead atoms. The van der Waals surface area contributed by atoms with Crippen LogP contribution in [0, 0.1) is 5.41 Å². The number of nitrogens with zero attached hydrogens (tertiary/aromatic N) is 1. The van der Waals surface area contributed by atoms with Crippen molar-refractivity contribution in [1.82, 2.24) is 4.98 Å². The van der Waals surface area contributed by atoms with Crippen molar-refractivity contribution in [3.8, 4) is 0 Å². The molecule has 1 aromatic heterocycles. The van der Waals surface area contributed by atoms with Crippen LogP contribution in [0.2, 0.25) is 0 Å². The molecule has 3 heteroatoms. The number of aromatic nitrogens is 1. The van der Waals surface area contributed by atoms with Gasteiger partial charge < -0.3 is 11.1 Å². The van der Waals surface area contributed by atoms with Crippen molar-refractivity contribution in [1.29, 1.82) is 0 Å². The van der Waals surface area contributed by atoms with Crippen molar-refractivity contribution in [2.24, 2.45) is 5.41 Å². The molecule has 0 saturated heterocycles. The highest BCUT2D eigenvalue weighted by atomic mass is 14.9. The molecule has 1 fully saturated rings. The number of nitrogens with two attached hydrogens (primary N) is 1. The van der Waals surface area contributed by atoms with Crippen LogP contribution in [0.3, 0.4) is 0 Å². The second-order valence-electron chi connectivity index (χ2n) is 4.48. The van der Waals surface area contributed by atoms with Crippen molar-refractivity contribution in [3.05, 3.63) is 18.5 Å². The largest absolute Gasteiger partial charge is 0.396 e. The highest BCUT2D eigenvalue weighted by molar-refractivity contribution is 5.64. The van der Waals surface area contributed by atoms with Gasteiger partial charge in [-0.1, -0.05) is 13.3 Å². The van der Waals surface area contributed by atoms with Gasteiger partial charge in [-0.15, -0.1) is 0 Å². The van der Waals surface area contributed by atoms with Gasteiger partial charge in [-0.2, -0.15) is 0 Å². The predicted octanol–water partition coefficient (Wildman–Crippen LogP) is 2.27. The molecule has 1 aliphatic rings. The molecular formula is C11H17N3. The van der Waals surface area contributed by atoms with Crippen LogP contribution in [0.15, 0.2) is 18.5 Å². The molecule has 3 nitrogen and oxygen atoms in total. The first-order valence-corrected chi connectivity index (χ1v) is 5.13. The second kappa shape index (κ2) is 3.48. The summed E-state index contributed by atoms with van der Waals surface area (Å²) in [4.78, 5) is 3.96. The van der Waals surface area contributed by atoms with Gasteiger partial charge in [-0.25, -0.2) is 0 Å². The van der Waals surface area contributed by atoms with E-state index in [-0.39, 0.29) is 0 Å². The van der Waals surface area contributed by atoms with Crippen molar-refractivity contribution in [2.45, 2.75) is 26.2 Å². The Labute approximate surface area is 84.7 Å². The summed E-state index contributed by atoms with van der Waals surface area (Å²) in [5, 5.41) is 3.39. The summed E-state index contributed by atoms with van der Waals surface area (Å²) in [5.41, 5.74) is 8.01. The van der Waals surface area contributed by atoms with Crippen molar-refractivity contribution in [3.63, 3.8) is 0 Å². The molecule has 1 saturated carbocycles. The number of nitrogens with one attached hydrogen (secondary N) is 1. The van der Waals surface area contributed by atoms with E-state index in [1.54, 1.807) is 12.4 Å². The Morgan fingerprint density at radius 1 is 1.57 bits per heavy atom. The molecule has 2 rings (SSSR count). The van der Waals surface area contributed by atoms with Gasteiger partial charge in [-0.05, 0) is 24.3 Å². The van der Waals surface area contributed by atoms with Gasteiger partial charge in [0, 0.05) is 12.7 Å². The van der Waals surface area contributed by atoms with Gasteiger partial charge in [0.1, 0.15) is 0 Å². The van der Waals surface area contributed by atoms with E-state index in [1.807, 2.05) is 6.07 Å². The maximum absolute atomic E-state index is 5.78. The summed E-state index contributed by atoms with van der Waals surface area (Å²) < 4.78 is 0. The van der Waals surface area contributed by atoms with E-state index >= 15 is 0 Å². The summed E-state index contributed by atoms with van der Waals surface area (Å²) in [6, 6.07) is 1.93. The number of rotatable bonds is 3. The van der Waals surface area contributed by atoms with E-state index in [0.29, 0.717) is 5.41 Å². The Hall–Kier alpha value is -1.25. The fourth-order valence-corrected chi connectivity index (χ4v) is 1.83. The zero-order valence-corrected chi connectivity index (χ0v) is 8.59. The first-order chi connectivity index (χ1) is 6.70. The summed E-state index contributed by atoms with van der Waals surface area (Å²) >= 11 is 0. The molecule has 14 heavy (non-hydrogen) atoms. The van der Waals surface area contributed by atoms with E-state index in [4.69, 9.17) is 5.73 Å². The molecular weight excluding hydrogens is 174 g/mol. The molecule has 3 N–H and O–H groups in total. The fraction of sp³-hybridized carbons (Fsp3) is 0.545. The lowest BCUT2D eigenvalue weighted by Gasteiger charge is -2.38. The van der Waals surface area contributed by atoms with Gasteiger partial charge in [0.15, 0.2) is 0 Å². The molecule has 0 aliphatic heterocycles. The molecule has 0 unspecified atom stereocenters. The fourth-order valence-electron chi connectivity index (χ4n) is 1.83. The van der Waals surface area contributed by atoms with Crippen LogP contribution in [0.4, 0.5) is 11.4 Å². The minimum absolute atomic E-state index is 0.482. The summed E-state index contributed by atoms with van der Waals surface area (Å²) in [6.45, 7) is 3.34. The van der Waals surface area contributed by atoms with Gasteiger partial charge >= 0.3 is 0 Å². The lowest BCUT2D eigenvalue weighted by molar-refractivity contribution is 0.180. The monoisotopic (exact) mass is 191 g/mol. The average molecular weight is 191 g/mol. The standard InChI is InChI=1S/C11H17N3/c1-11(4-2-5-11)8-14-10-3-6-13-7-9(10)12/h3,6-7H,2,4-5,8,12H2,1H3,(H,13,14). The van der Waals surface area contributed by atoms with Crippen LogP contribution in [0.25, 0.3) is 0 Å². The summed E-state index contributed by atoms with van der Waals surface area (Å²) in [6.07, 6.45) is 7.47. The quantitative estimate of drug-likeness (QED) is 0.770. The Morgan fingerprint density at radius 2 is 2.36 bits per heavy atom. The summed E-state index contributed by atoms with van der Waals surface area (Å²) in [5.74, 6) is 0. The third-order valence-electron chi connectivity index (χ3n) is 3.12. The Kier molecular flexibility index (Phi) is 2.32. The number of pyridine rings is 1. The van der Waals surface area contributed by atoms with Gasteiger partial charge in [-0.3, -0.25) is 4.98 Å². The highest BCUT2D eigenvalue weighted by Crippen LogP contribution is 2.40. The first kappa shape index (κ1) is 9.31. The topological polar surface area (TPSA) is 50.9 Å². The van der Waals surface area contributed by atoms with Crippen molar-refractivity contribution >= 4 is 11.4 Å². The Balaban J connectivity index is 1.95. The van der Waals surface area contributed by atoms with Gasteiger partial charge in [0.25, 0.3) is 0 Å². The van der Waals surface area contributed by atoms with Crippen LogP contribution in [-0.4, -0.2) is 11.5 Å². The molecule has 0 amide bonds. The third kappa shape index (κ3) is 1.81. The van der Waals surface area contributed by atoms with Crippen LogP contribution in [0.5, 0.6) is 0 Å².